The molecule has 140 valence electrons. The molecule has 1 rings (SSSR count). The van der Waals surface area contributed by atoms with Crippen molar-refractivity contribution in [1.82, 2.24) is 10.8 Å². The van der Waals surface area contributed by atoms with Crippen LogP contribution in [0.2, 0.25) is 0 Å². The van der Waals surface area contributed by atoms with Crippen LogP contribution >= 0.6 is 0 Å². The van der Waals surface area contributed by atoms with Crippen molar-refractivity contribution in [2.24, 2.45) is 0 Å². The van der Waals surface area contributed by atoms with Gasteiger partial charge in [-0.1, -0.05) is 18.6 Å². The molecule has 6 nitrogen and oxygen atoms in total. The molecule has 0 aromatic heterocycles. The Morgan fingerprint density at radius 3 is 2.28 bits per heavy atom. The molecule has 0 aliphatic carbocycles. The largest absolute Gasteiger partial charge is 0.354 e. The van der Waals surface area contributed by atoms with Crippen molar-refractivity contribution in [3.8, 4) is 0 Å². The average molecular weight is 349 g/mol. The highest BCUT2D eigenvalue weighted by Gasteiger charge is 2.05. The Morgan fingerprint density at radius 1 is 0.960 bits per heavy atom. The molecule has 0 spiro atoms. The number of carbonyl (C=O) groups is 2. The molecule has 0 bridgehead atoms. The quantitative estimate of drug-likeness (QED) is 0.345. The average Bonchev–Trinajstić information content (AvgIpc) is 2.55. The smallest absolute Gasteiger partial charge is 0.224 e. The molecule has 1 aromatic rings. The second-order valence-electron chi connectivity index (χ2n) is 6.54. The SMILES string of the molecule is CC(C)NC(=O)CCCc1ccc(NC(=O)CCCCCNO)cc1. The lowest BCUT2D eigenvalue weighted by Crippen LogP contribution is -2.29. The van der Waals surface area contributed by atoms with Crippen molar-refractivity contribution in [3.63, 3.8) is 0 Å². The first kappa shape index (κ1) is 21.1. The van der Waals surface area contributed by atoms with E-state index in [1.165, 1.54) is 0 Å². The molecule has 0 saturated heterocycles. The first-order chi connectivity index (χ1) is 12.0. The van der Waals surface area contributed by atoms with Gasteiger partial charge in [0.1, 0.15) is 0 Å². The Bertz CT molecular complexity index is 515. The molecule has 25 heavy (non-hydrogen) atoms. The highest BCUT2D eigenvalue weighted by atomic mass is 16.5. The second kappa shape index (κ2) is 12.4. The number of benzene rings is 1. The van der Waals surface area contributed by atoms with Crippen LogP contribution in [-0.2, 0) is 16.0 Å². The van der Waals surface area contributed by atoms with Gasteiger partial charge in [-0.05, 0) is 57.2 Å². The van der Waals surface area contributed by atoms with Crippen LogP contribution in [0.25, 0.3) is 0 Å². The number of hydrogen-bond acceptors (Lipinski definition) is 4. The zero-order chi connectivity index (χ0) is 18.5. The van der Waals surface area contributed by atoms with Gasteiger partial charge >= 0.3 is 0 Å². The summed E-state index contributed by atoms with van der Waals surface area (Å²) in [7, 11) is 0. The topological polar surface area (TPSA) is 90.5 Å². The summed E-state index contributed by atoms with van der Waals surface area (Å²) in [5, 5.41) is 14.2. The molecule has 2 amide bonds. The van der Waals surface area contributed by atoms with Crippen molar-refractivity contribution in [3.05, 3.63) is 29.8 Å². The van der Waals surface area contributed by atoms with Gasteiger partial charge in [-0.2, -0.15) is 0 Å². The Labute approximate surface area is 150 Å². The Morgan fingerprint density at radius 2 is 1.64 bits per heavy atom. The van der Waals surface area contributed by atoms with Gasteiger partial charge in [0.15, 0.2) is 0 Å². The molecule has 6 heteroatoms. The van der Waals surface area contributed by atoms with Crippen molar-refractivity contribution < 1.29 is 14.8 Å². The van der Waals surface area contributed by atoms with Crippen molar-refractivity contribution in [1.29, 1.82) is 0 Å². The molecule has 0 atom stereocenters. The van der Waals surface area contributed by atoms with Crippen LogP contribution in [0.3, 0.4) is 0 Å². The number of anilines is 1. The summed E-state index contributed by atoms with van der Waals surface area (Å²) in [5.41, 5.74) is 4.06. The zero-order valence-corrected chi connectivity index (χ0v) is 15.3. The molecular weight excluding hydrogens is 318 g/mol. The monoisotopic (exact) mass is 349 g/mol. The van der Waals surface area contributed by atoms with Crippen LogP contribution < -0.4 is 16.1 Å². The summed E-state index contributed by atoms with van der Waals surface area (Å²) in [6.45, 7) is 4.47. The van der Waals surface area contributed by atoms with E-state index in [0.29, 0.717) is 19.4 Å². The van der Waals surface area contributed by atoms with Crippen molar-refractivity contribution >= 4 is 17.5 Å². The maximum Gasteiger partial charge on any atom is 0.224 e. The fraction of sp³-hybridized carbons (Fsp3) is 0.579. The number of nitrogens with one attached hydrogen (secondary N) is 3. The maximum absolute atomic E-state index is 11.8. The lowest BCUT2D eigenvalue weighted by Gasteiger charge is -2.09. The van der Waals surface area contributed by atoms with Gasteiger partial charge in [-0.3, -0.25) is 9.59 Å². The van der Waals surface area contributed by atoms with Gasteiger partial charge in [0, 0.05) is 31.1 Å². The molecule has 1 aromatic carbocycles. The first-order valence-electron chi connectivity index (χ1n) is 9.06. The third kappa shape index (κ3) is 10.5. The number of rotatable bonds is 12. The van der Waals surface area contributed by atoms with E-state index in [1.807, 2.05) is 38.1 Å². The van der Waals surface area contributed by atoms with Gasteiger partial charge in [-0.15, -0.1) is 0 Å². The van der Waals surface area contributed by atoms with Crippen LogP contribution in [0.4, 0.5) is 5.69 Å². The highest BCUT2D eigenvalue weighted by Crippen LogP contribution is 2.13. The van der Waals surface area contributed by atoms with Gasteiger partial charge in [0.25, 0.3) is 0 Å². The summed E-state index contributed by atoms with van der Waals surface area (Å²) in [6.07, 6.45) is 5.24. The lowest BCUT2D eigenvalue weighted by atomic mass is 10.1. The van der Waals surface area contributed by atoms with Crippen LogP contribution in [-0.4, -0.2) is 29.6 Å². The molecule has 0 fully saturated rings. The Kier molecular flexibility index (Phi) is 10.5. The fourth-order valence-corrected chi connectivity index (χ4v) is 2.49. The van der Waals surface area contributed by atoms with E-state index < -0.39 is 0 Å². The van der Waals surface area contributed by atoms with Crippen LogP contribution in [0, 0.1) is 0 Å². The third-order valence-corrected chi connectivity index (χ3v) is 3.75. The number of unbranched alkanes of at least 4 members (excludes halogenated alkanes) is 2. The summed E-state index contributed by atoms with van der Waals surface area (Å²) in [4.78, 5) is 23.4. The van der Waals surface area contributed by atoms with Crippen LogP contribution in [0.5, 0.6) is 0 Å². The molecule has 4 N–H and O–H groups in total. The molecule has 0 saturated carbocycles. The molecular formula is C19H31N3O3. The molecule has 0 heterocycles. The van der Waals surface area contributed by atoms with Crippen molar-refractivity contribution in [2.75, 3.05) is 11.9 Å². The first-order valence-corrected chi connectivity index (χ1v) is 9.06. The summed E-state index contributed by atoms with van der Waals surface area (Å²) in [6, 6.07) is 7.96. The molecule has 0 aliphatic rings. The van der Waals surface area contributed by atoms with E-state index >= 15 is 0 Å². The molecule has 0 radical (unpaired) electrons. The lowest BCUT2D eigenvalue weighted by molar-refractivity contribution is -0.121. The number of carbonyl (C=O) groups excluding carboxylic acids is 2. The number of aryl methyl sites for hydroxylation is 1. The summed E-state index contributed by atoms with van der Waals surface area (Å²) in [5.74, 6) is 0.101. The minimum Gasteiger partial charge on any atom is -0.354 e. The zero-order valence-electron chi connectivity index (χ0n) is 15.3. The summed E-state index contributed by atoms with van der Waals surface area (Å²) >= 11 is 0. The Hall–Kier alpha value is -1.92. The minimum absolute atomic E-state index is 0.00932. The number of amides is 2. The maximum atomic E-state index is 11.8. The van der Waals surface area contributed by atoms with E-state index in [0.717, 1.165) is 43.4 Å². The van der Waals surface area contributed by atoms with Gasteiger partial charge in [-0.25, -0.2) is 5.48 Å². The molecule has 0 aliphatic heterocycles. The minimum atomic E-state index is 0.00932. The van der Waals surface area contributed by atoms with Gasteiger partial charge in [0.2, 0.25) is 11.8 Å². The molecule has 0 unspecified atom stereocenters. The normalized spacial score (nSPS) is 10.7. The van der Waals surface area contributed by atoms with E-state index in [-0.39, 0.29) is 17.9 Å². The van der Waals surface area contributed by atoms with E-state index in [1.54, 1.807) is 0 Å². The number of hydroxylamine groups is 1. The van der Waals surface area contributed by atoms with E-state index in [2.05, 4.69) is 16.1 Å². The standard InChI is InChI=1S/C19H31N3O3/c1-15(2)21-18(23)9-6-7-16-10-12-17(13-11-16)22-19(24)8-4-3-5-14-20-25/h10-13,15,20,25H,3-9,14H2,1-2H3,(H,21,23)(H,22,24). The van der Waals surface area contributed by atoms with E-state index in [4.69, 9.17) is 5.21 Å². The van der Waals surface area contributed by atoms with E-state index in [9.17, 15) is 9.59 Å². The van der Waals surface area contributed by atoms with Crippen molar-refractivity contribution in [2.45, 2.75) is 64.8 Å². The predicted octanol–water partition coefficient (Wildman–Crippen LogP) is 3.01. The fourth-order valence-electron chi connectivity index (χ4n) is 2.49. The second-order valence-corrected chi connectivity index (χ2v) is 6.54. The van der Waals surface area contributed by atoms with Gasteiger partial charge in [0.05, 0.1) is 0 Å². The van der Waals surface area contributed by atoms with Crippen LogP contribution in [0.1, 0.15) is 57.9 Å². The third-order valence-electron chi connectivity index (χ3n) is 3.75. The van der Waals surface area contributed by atoms with Gasteiger partial charge < -0.3 is 15.8 Å². The highest BCUT2D eigenvalue weighted by molar-refractivity contribution is 5.90. The predicted molar refractivity (Wildman–Crippen MR) is 99.5 cm³/mol. The van der Waals surface area contributed by atoms with Crippen LogP contribution in [0.15, 0.2) is 24.3 Å². The Balaban J connectivity index is 2.24. The number of hydrogen-bond donors (Lipinski definition) is 4. The summed E-state index contributed by atoms with van der Waals surface area (Å²) < 4.78 is 0.